The molecule has 154 valence electrons. The summed E-state index contributed by atoms with van der Waals surface area (Å²) in [6.07, 6.45) is -10.2. The van der Waals surface area contributed by atoms with Crippen molar-refractivity contribution in [3.63, 3.8) is 0 Å². The van der Waals surface area contributed by atoms with Crippen molar-refractivity contribution >= 4 is 17.8 Å². The van der Waals surface area contributed by atoms with Gasteiger partial charge in [0, 0.05) is 26.2 Å². The molecular weight excluding hydrogens is 380 g/mol. The van der Waals surface area contributed by atoms with Crippen molar-refractivity contribution in [2.45, 2.75) is 12.4 Å². The fourth-order valence-corrected chi connectivity index (χ4v) is 1.28. The van der Waals surface area contributed by atoms with E-state index in [0.29, 0.717) is 6.54 Å². The molecule has 1 heterocycles. The number of carboxylic acids is 2. The van der Waals surface area contributed by atoms with Gasteiger partial charge in [0.05, 0.1) is 6.54 Å². The lowest BCUT2D eigenvalue weighted by atomic mass is 10.3. The number of nitrogens with zero attached hydrogens (tertiary/aromatic N) is 2. The first kappa shape index (κ1) is 26.1. The third kappa shape index (κ3) is 14.3. The predicted octanol–water partition coefficient (Wildman–Crippen LogP) is 0.246. The summed E-state index contributed by atoms with van der Waals surface area (Å²) in [4.78, 5) is 33.1. The minimum Gasteiger partial charge on any atom is -0.475 e. The Hall–Kier alpha value is -2.09. The lowest BCUT2D eigenvalue weighted by Crippen LogP contribution is -2.48. The van der Waals surface area contributed by atoms with Crippen LogP contribution in [0.25, 0.3) is 0 Å². The number of carboxylic acid groups (broad SMARTS) is 2. The first-order valence-electron chi connectivity index (χ1n) is 6.82. The summed E-state index contributed by atoms with van der Waals surface area (Å²) in [5, 5.41) is 17.5. The monoisotopic (exact) mass is 399 g/mol. The summed E-state index contributed by atoms with van der Waals surface area (Å²) >= 11 is 0. The number of likely N-dealkylation sites (N-methyl/N-ethyl adjacent to an activating group) is 1. The Labute approximate surface area is 144 Å². The highest BCUT2D eigenvalue weighted by atomic mass is 19.4. The Morgan fingerprint density at radius 2 is 1.23 bits per heavy atom. The molecule has 1 aliphatic heterocycles. The van der Waals surface area contributed by atoms with Crippen molar-refractivity contribution < 1.29 is 50.9 Å². The molecule has 0 aromatic carbocycles. The molecule has 1 fully saturated rings. The Balaban J connectivity index is 0. The van der Waals surface area contributed by atoms with Gasteiger partial charge in [0.1, 0.15) is 0 Å². The molecule has 8 nitrogen and oxygen atoms in total. The van der Waals surface area contributed by atoms with Crippen LogP contribution in [0.5, 0.6) is 0 Å². The minimum absolute atomic E-state index is 0.238. The molecule has 1 amide bonds. The van der Waals surface area contributed by atoms with Crippen LogP contribution in [-0.4, -0.2) is 97.0 Å². The molecule has 3 N–H and O–H groups in total. The molecule has 0 aliphatic carbocycles. The van der Waals surface area contributed by atoms with Gasteiger partial charge in [-0.3, -0.25) is 4.79 Å². The highest BCUT2D eigenvalue weighted by Gasteiger charge is 2.38. The highest BCUT2D eigenvalue weighted by Crippen LogP contribution is 2.13. The number of carbonyl (C=O) groups excluding carboxylic acids is 1. The molecular formula is C12H19F6N3O5. The molecule has 14 heteroatoms. The number of halogens is 6. The lowest BCUT2D eigenvalue weighted by molar-refractivity contribution is -0.193. The van der Waals surface area contributed by atoms with Crippen molar-refractivity contribution in [2.75, 3.05) is 46.8 Å². The van der Waals surface area contributed by atoms with E-state index in [1.807, 2.05) is 23.9 Å². The van der Waals surface area contributed by atoms with Crippen LogP contribution in [0.1, 0.15) is 0 Å². The standard InChI is InChI=1S/C8H17N3O.2C2HF3O2/c1-10(2)7-8(12)11-5-3-9-4-6-11;2*3-2(4,5)1(6)7/h9H,3-7H2,1-2H3;2*(H,6,7). The van der Waals surface area contributed by atoms with E-state index in [2.05, 4.69) is 5.32 Å². The number of alkyl halides is 6. The molecule has 0 bridgehead atoms. The van der Waals surface area contributed by atoms with E-state index in [0.717, 1.165) is 26.2 Å². The molecule has 0 spiro atoms. The van der Waals surface area contributed by atoms with Gasteiger partial charge in [-0.25, -0.2) is 9.59 Å². The highest BCUT2D eigenvalue weighted by molar-refractivity contribution is 5.78. The van der Waals surface area contributed by atoms with Crippen LogP contribution in [0.4, 0.5) is 26.3 Å². The van der Waals surface area contributed by atoms with Gasteiger partial charge in [-0.2, -0.15) is 26.3 Å². The SMILES string of the molecule is CN(C)CC(=O)N1CCNCC1.O=C(O)C(F)(F)F.O=C(O)C(F)(F)F. The number of aliphatic carboxylic acids is 2. The molecule has 26 heavy (non-hydrogen) atoms. The van der Waals surface area contributed by atoms with Crippen molar-refractivity contribution in [2.24, 2.45) is 0 Å². The van der Waals surface area contributed by atoms with Gasteiger partial charge in [0.25, 0.3) is 0 Å². The van der Waals surface area contributed by atoms with Crippen LogP contribution in [-0.2, 0) is 14.4 Å². The molecule has 0 unspecified atom stereocenters. The van der Waals surface area contributed by atoms with E-state index in [1.54, 1.807) is 0 Å². The van der Waals surface area contributed by atoms with Crippen LogP contribution in [0.2, 0.25) is 0 Å². The molecule has 0 aromatic rings. The zero-order chi connectivity index (χ0) is 21.1. The Bertz CT molecular complexity index is 437. The zero-order valence-electron chi connectivity index (χ0n) is 13.8. The fraction of sp³-hybridized carbons (Fsp3) is 0.750. The van der Waals surface area contributed by atoms with E-state index in [9.17, 15) is 31.1 Å². The summed E-state index contributed by atoms with van der Waals surface area (Å²) in [5.41, 5.74) is 0. The van der Waals surface area contributed by atoms with Gasteiger partial charge in [-0.05, 0) is 14.1 Å². The average Bonchev–Trinajstić information content (AvgIpc) is 2.46. The summed E-state index contributed by atoms with van der Waals surface area (Å²) < 4.78 is 63.5. The summed E-state index contributed by atoms with van der Waals surface area (Å²) in [5.74, 6) is -5.28. The van der Waals surface area contributed by atoms with Crippen LogP contribution < -0.4 is 5.32 Å². The zero-order valence-corrected chi connectivity index (χ0v) is 13.8. The second-order valence-electron chi connectivity index (χ2n) is 4.97. The van der Waals surface area contributed by atoms with Crippen molar-refractivity contribution in [3.05, 3.63) is 0 Å². The van der Waals surface area contributed by atoms with E-state index in [1.165, 1.54) is 0 Å². The Morgan fingerprint density at radius 1 is 0.923 bits per heavy atom. The molecule has 0 saturated carbocycles. The number of piperazine rings is 1. The van der Waals surface area contributed by atoms with Crippen LogP contribution in [0.3, 0.4) is 0 Å². The molecule has 0 radical (unpaired) electrons. The number of rotatable bonds is 2. The maximum atomic E-state index is 11.5. The smallest absolute Gasteiger partial charge is 0.475 e. The molecule has 1 saturated heterocycles. The molecule has 1 aliphatic rings. The van der Waals surface area contributed by atoms with Gasteiger partial charge in [0.2, 0.25) is 5.91 Å². The molecule has 0 aromatic heterocycles. The number of nitrogens with one attached hydrogen (secondary N) is 1. The number of carbonyl (C=O) groups is 3. The van der Waals surface area contributed by atoms with E-state index >= 15 is 0 Å². The first-order chi connectivity index (χ1) is 11.6. The number of amides is 1. The minimum atomic E-state index is -5.08. The van der Waals surface area contributed by atoms with Gasteiger partial charge < -0.3 is 25.3 Å². The van der Waals surface area contributed by atoms with Gasteiger partial charge >= 0.3 is 24.3 Å². The first-order valence-corrected chi connectivity index (χ1v) is 6.82. The maximum Gasteiger partial charge on any atom is 0.490 e. The van der Waals surface area contributed by atoms with Crippen LogP contribution in [0.15, 0.2) is 0 Å². The third-order valence-corrected chi connectivity index (χ3v) is 2.41. The van der Waals surface area contributed by atoms with Crippen LogP contribution in [0, 0.1) is 0 Å². The van der Waals surface area contributed by atoms with Crippen LogP contribution >= 0.6 is 0 Å². The van der Waals surface area contributed by atoms with E-state index in [4.69, 9.17) is 19.8 Å². The predicted molar refractivity (Wildman–Crippen MR) is 75.4 cm³/mol. The summed E-state index contributed by atoms with van der Waals surface area (Å²) in [6.45, 7) is 4.09. The number of hydrogen-bond acceptors (Lipinski definition) is 5. The molecule has 1 rings (SSSR count). The normalized spacial score (nSPS) is 14.6. The maximum absolute atomic E-state index is 11.5. The second kappa shape index (κ2) is 11.5. The second-order valence-corrected chi connectivity index (χ2v) is 4.97. The topological polar surface area (TPSA) is 110 Å². The van der Waals surface area contributed by atoms with Crippen molar-refractivity contribution in [3.8, 4) is 0 Å². The van der Waals surface area contributed by atoms with Gasteiger partial charge in [-0.1, -0.05) is 0 Å². The van der Waals surface area contributed by atoms with Crippen molar-refractivity contribution in [1.29, 1.82) is 0 Å². The fourth-order valence-electron chi connectivity index (χ4n) is 1.28. The van der Waals surface area contributed by atoms with Crippen molar-refractivity contribution in [1.82, 2.24) is 15.1 Å². The largest absolute Gasteiger partial charge is 0.490 e. The summed E-state index contributed by atoms with van der Waals surface area (Å²) in [7, 11) is 3.83. The quantitative estimate of drug-likeness (QED) is 0.571. The van der Waals surface area contributed by atoms with E-state index in [-0.39, 0.29) is 5.91 Å². The lowest BCUT2D eigenvalue weighted by Gasteiger charge is -2.28. The Kier molecular flexibility index (Phi) is 11.6. The average molecular weight is 399 g/mol. The summed E-state index contributed by atoms with van der Waals surface area (Å²) in [6, 6.07) is 0. The van der Waals surface area contributed by atoms with E-state index < -0.39 is 24.3 Å². The molecule has 0 atom stereocenters. The third-order valence-electron chi connectivity index (χ3n) is 2.41. The Morgan fingerprint density at radius 3 is 1.46 bits per heavy atom. The van der Waals surface area contributed by atoms with Gasteiger partial charge in [0.15, 0.2) is 0 Å². The number of hydrogen-bond donors (Lipinski definition) is 3. The van der Waals surface area contributed by atoms with Gasteiger partial charge in [-0.15, -0.1) is 0 Å².